The second kappa shape index (κ2) is 8.07. The van der Waals surface area contributed by atoms with Crippen molar-refractivity contribution < 1.29 is 14.4 Å². The first kappa shape index (κ1) is 18.2. The van der Waals surface area contributed by atoms with Crippen LogP contribution in [0.1, 0.15) is 23.3 Å². The molecule has 2 saturated heterocycles. The first-order valence-corrected chi connectivity index (χ1v) is 7.70. The van der Waals surface area contributed by atoms with E-state index in [1.807, 2.05) is 6.07 Å². The zero-order valence-corrected chi connectivity index (χ0v) is 13.9. The van der Waals surface area contributed by atoms with Crippen LogP contribution < -0.4 is 20.9 Å². The van der Waals surface area contributed by atoms with Crippen molar-refractivity contribution in [2.24, 2.45) is 0 Å². The summed E-state index contributed by atoms with van der Waals surface area (Å²) >= 11 is 0. The number of nitrogens with one attached hydrogen (secondary N) is 3. The molecule has 0 radical (unpaired) electrons. The number of anilines is 1. The monoisotopic (exact) mass is 353 g/mol. The van der Waals surface area contributed by atoms with E-state index >= 15 is 0 Å². The summed E-state index contributed by atoms with van der Waals surface area (Å²) in [6.07, 6.45) is 2.21. The van der Waals surface area contributed by atoms with E-state index in [0.29, 0.717) is 6.42 Å². The van der Waals surface area contributed by atoms with Gasteiger partial charge in [0.1, 0.15) is 11.7 Å². The van der Waals surface area contributed by atoms with Gasteiger partial charge in [-0.2, -0.15) is 0 Å². The molecule has 1 atom stereocenters. The van der Waals surface area contributed by atoms with Gasteiger partial charge >= 0.3 is 0 Å². The third-order valence-corrected chi connectivity index (χ3v) is 4.01. The van der Waals surface area contributed by atoms with Crippen LogP contribution in [0.5, 0.6) is 0 Å². The van der Waals surface area contributed by atoms with Crippen molar-refractivity contribution in [1.82, 2.24) is 20.9 Å². The lowest BCUT2D eigenvalue weighted by molar-refractivity contribution is -0.134. The zero-order chi connectivity index (χ0) is 16.2. The molecule has 1 aromatic rings. The van der Waals surface area contributed by atoms with E-state index in [2.05, 4.69) is 25.8 Å². The van der Waals surface area contributed by atoms with Crippen molar-refractivity contribution >= 4 is 35.8 Å². The van der Waals surface area contributed by atoms with Crippen molar-refractivity contribution in [3.63, 3.8) is 0 Å². The van der Waals surface area contributed by atoms with Crippen LogP contribution >= 0.6 is 12.4 Å². The fourth-order valence-electron chi connectivity index (χ4n) is 2.69. The molecule has 0 aliphatic carbocycles. The highest BCUT2D eigenvalue weighted by molar-refractivity contribution is 6.03. The first-order valence-electron chi connectivity index (χ1n) is 7.70. The third kappa shape index (κ3) is 4.21. The number of carbonyl (C=O) groups excluding carboxylic acids is 3. The third-order valence-electron chi connectivity index (χ3n) is 4.01. The van der Waals surface area contributed by atoms with E-state index in [9.17, 15) is 14.4 Å². The van der Waals surface area contributed by atoms with Crippen LogP contribution in [0.2, 0.25) is 0 Å². The highest BCUT2D eigenvalue weighted by Crippen LogP contribution is 2.14. The summed E-state index contributed by atoms with van der Waals surface area (Å²) < 4.78 is 0. The predicted molar refractivity (Wildman–Crippen MR) is 90.2 cm³/mol. The Balaban J connectivity index is 0.00000208. The van der Waals surface area contributed by atoms with Gasteiger partial charge in [0, 0.05) is 32.6 Å². The Hall–Kier alpha value is -2.19. The lowest BCUT2D eigenvalue weighted by atomic mass is 10.1. The van der Waals surface area contributed by atoms with Gasteiger partial charge in [0.15, 0.2) is 0 Å². The topological polar surface area (TPSA) is 103 Å². The Morgan fingerprint density at radius 3 is 2.62 bits per heavy atom. The number of amides is 3. The van der Waals surface area contributed by atoms with Crippen molar-refractivity contribution in [2.75, 3.05) is 31.1 Å². The van der Waals surface area contributed by atoms with Crippen LogP contribution in [0, 0.1) is 0 Å². The molecule has 0 bridgehead atoms. The number of aromatic nitrogens is 1. The summed E-state index contributed by atoms with van der Waals surface area (Å²) in [5.41, 5.74) is 1.23. The summed E-state index contributed by atoms with van der Waals surface area (Å²) in [6, 6.07) is 2.82. The highest BCUT2D eigenvalue weighted by atomic mass is 35.5. The molecule has 9 heteroatoms. The second-order valence-corrected chi connectivity index (χ2v) is 5.62. The van der Waals surface area contributed by atoms with Gasteiger partial charge in [-0.05, 0) is 18.6 Å². The molecule has 1 aromatic heterocycles. The fourth-order valence-corrected chi connectivity index (χ4v) is 2.69. The van der Waals surface area contributed by atoms with Gasteiger partial charge in [0.05, 0.1) is 11.9 Å². The zero-order valence-electron chi connectivity index (χ0n) is 13.1. The van der Waals surface area contributed by atoms with Crippen LogP contribution in [0.15, 0.2) is 18.3 Å². The molecular weight excluding hydrogens is 334 g/mol. The number of halogens is 1. The quantitative estimate of drug-likeness (QED) is 0.630. The number of pyridine rings is 1. The molecule has 3 heterocycles. The number of imide groups is 1. The maximum Gasteiger partial charge on any atom is 0.270 e. The Labute approximate surface area is 145 Å². The van der Waals surface area contributed by atoms with E-state index in [0.717, 1.165) is 31.9 Å². The minimum absolute atomic E-state index is 0. The Kier molecular flexibility index (Phi) is 6.10. The number of piperidine rings is 1. The molecular formula is C15H20ClN5O3. The molecule has 8 nitrogen and oxygen atoms in total. The van der Waals surface area contributed by atoms with Crippen LogP contribution in [-0.2, 0) is 9.59 Å². The van der Waals surface area contributed by atoms with Crippen molar-refractivity contribution in [2.45, 2.75) is 18.9 Å². The largest absolute Gasteiger partial charge is 0.368 e. The van der Waals surface area contributed by atoms with Crippen molar-refractivity contribution in [3.05, 3.63) is 24.0 Å². The molecule has 0 spiro atoms. The number of carbonyl (C=O) groups is 3. The van der Waals surface area contributed by atoms with E-state index in [1.165, 1.54) is 0 Å². The van der Waals surface area contributed by atoms with Crippen LogP contribution in [0.3, 0.4) is 0 Å². The lowest BCUT2D eigenvalue weighted by Crippen LogP contribution is -2.52. The summed E-state index contributed by atoms with van der Waals surface area (Å²) in [4.78, 5) is 41.3. The van der Waals surface area contributed by atoms with Gasteiger partial charge in [-0.3, -0.25) is 19.7 Å². The molecule has 3 N–H and O–H groups in total. The summed E-state index contributed by atoms with van der Waals surface area (Å²) in [6.45, 7) is 3.67. The van der Waals surface area contributed by atoms with Crippen molar-refractivity contribution in [3.8, 4) is 0 Å². The van der Waals surface area contributed by atoms with Gasteiger partial charge in [-0.1, -0.05) is 0 Å². The summed E-state index contributed by atoms with van der Waals surface area (Å²) in [7, 11) is 0. The number of hydrogen-bond donors (Lipinski definition) is 3. The maximum atomic E-state index is 12.2. The number of piperazine rings is 1. The number of rotatable bonds is 3. The lowest BCUT2D eigenvalue weighted by Gasteiger charge is -2.29. The van der Waals surface area contributed by atoms with Crippen LogP contribution in [0.4, 0.5) is 5.69 Å². The minimum Gasteiger partial charge on any atom is -0.368 e. The van der Waals surface area contributed by atoms with Crippen LogP contribution in [-0.4, -0.2) is 54.9 Å². The van der Waals surface area contributed by atoms with Gasteiger partial charge in [-0.15, -0.1) is 12.4 Å². The normalized spacial score (nSPS) is 20.8. The molecule has 24 heavy (non-hydrogen) atoms. The van der Waals surface area contributed by atoms with E-state index < -0.39 is 17.9 Å². The second-order valence-electron chi connectivity index (χ2n) is 5.62. The van der Waals surface area contributed by atoms with E-state index in [-0.39, 0.29) is 30.4 Å². The Morgan fingerprint density at radius 2 is 2.00 bits per heavy atom. The van der Waals surface area contributed by atoms with Crippen LogP contribution in [0.25, 0.3) is 0 Å². The molecule has 2 fully saturated rings. The summed E-state index contributed by atoms with van der Waals surface area (Å²) in [5.74, 6) is -1.18. The standard InChI is InChI=1S/C15H19N5O3.ClH/c21-13-4-3-12(15(23)19-13)18-14(22)11-2-1-10(9-17-11)20-7-5-16-6-8-20;/h1-2,9,12,16H,3-8H2,(H,18,22)(H,19,21,23);1H/t12-;/m0./s1. The fraction of sp³-hybridized carbons (Fsp3) is 0.467. The summed E-state index contributed by atoms with van der Waals surface area (Å²) in [5, 5.41) is 8.11. The highest BCUT2D eigenvalue weighted by Gasteiger charge is 2.28. The van der Waals surface area contributed by atoms with Gasteiger partial charge in [0.25, 0.3) is 5.91 Å². The molecule has 2 aliphatic rings. The van der Waals surface area contributed by atoms with Gasteiger partial charge in [-0.25, -0.2) is 4.98 Å². The van der Waals surface area contributed by atoms with E-state index in [4.69, 9.17) is 0 Å². The molecule has 3 rings (SSSR count). The van der Waals surface area contributed by atoms with Crippen molar-refractivity contribution in [1.29, 1.82) is 0 Å². The molecule has 130 valence electrons. The Bertz CT molecular complexity index is 616. The van der Waals surface area contributed by atoms with E-state index in [1.54, 1.807) is 12.3 Å². The molecule has 2 aliphatic heterocycles. The average Bonchev–Trinajstić information content (AvgIpc) is 2.58. The molecule has 3 amide bonds. The SMILES string of the molecule is Cl.O=C1CC[C@H](NC(=O)c2ccc(N3CCNCC3)cn2)C(=O)N1. The Morgan fingerprint density at radius 1 is 1.25 bits per heavy atom. The minimum atomic E-state index is -0.685. The first-order chi connectivity index (χ1) is 11.1. The maximum absolute atomic E-state index is 12.2. The average molecular weight is 354 g/mol. The molecule has 0 saturated carbocycles. The van der Waals surface area contributed by atoms with Gasteiger partial charge in [0.2, 0.25) is 11.8 Å². The molecule has 0 unspecified atom stereocenters. The molecule has 0 aromatic carbocycles. The van der Waals surface area contributed by atoms with Gasteiger partial charge < -0.3 is 15.5 Å². The predicted octanol–water partition coefficient (Wildman–Crippen LogP) is -0.552. The number of nitrogens with zero attached hydrogens (tertiary/aromatic N) is 2. The number of hydrogen-bond acceptors (Lipinski definition) is 6. The smallest absolute Gasteiger partial charge is 0.270 e.